The second kappa shape index (κ2) is 12.8. The number of benzene rings is 4. The van der Waals surface area contributed by atoms with Crippen LogP contribution >= 0.6 is 35.0 Å². The van der Waals surface area contributed by atoms with Crippen LogP contribution in [0.4, 0.5) is 11.5 Å². The zero-order valence-electron chi connectivity index (χ0n) is 22.8. The molecule has 8 heteroatoms. The summed E-state index contributed by atoms with van der Waals surface area (Å²) in [6, 6.07) is 33.1. The molecule has 1 saturated heterocycles. The molecule has 0 unspecified atom stereocenters. The van der Waals surface area contributed by atoms with E-state index in [1.165, 1.54) is 16.0 Å². The smallest absolute Gasteiger partial charge is 0.145 e. The first-order chi connectivity index (χ1) is 20.1. The predicted octanol–water partition coefficient (Wildman–Crippen LogP) is 8.31. The van der Waals surface area contributed by atoms with Gasteiger partial charge in [-0.25, -0.2) is 9.97 Å². The molecule has 0 saturated carbocycles. The van der Waals surface area contributed by atoms with Crippen LogP contribution < -0.4 is 5.32 Å². The average Bonchev–Trinajstić information content (AvgIpc) is 3.00. The van der Waals surface area contributed by atoms with Crippen molar-refractivity contribution in [2.45, 2.75) is 17.5 Å². The molecule has 1 N–H and O–H groups in total. The van der Waals surface area contributed by atoms with Crippen LogP contribution in [0.2, 0.25) is 10.0 Å². The number of aromatic nitrogens is 2. The fourth-order valence-corrected chi connectivity index (χ4v) is 6.12. The summed E-state index contributed by atoms with van der Waals surface area (Å²) in [6.45, 7) is 4.40. The van der Waals surface area contributed by atoms with Gasteiger partial charge in [0.15, 0.2) is 0 Å². The van der Waals surface area contributed by atoms with Crippen LogP contribution in [0.5, 0.6) is 0 Å². The molecule has 1 aliphatic rings. The first-order valence-electron chi connectivity index (χ1n) is 13.7. The fraction of sp³-hybridized carbons (Fsp3) is 0.212. The second-order valence-corrected chi connectivity index (χ2v) is 11.9. The molecule has 6 rings (SSSR count). The molecule has 5 aromatic rings. The molecule has 0 spiro atoms. The van der Waals surface area contributed by atoms with Gasteiger partial charge < -0.3 is 5.32 Å². The molecule has 0 radical (unpaired) electrons. The SMILES string of the molecule is CSc1cccc(Nc2nc(CN3CCN(C(c4ccc(Cl)cc4)c4ccc(Cl)cc4)CC3)nc3ccccc23)c1. The Morgan fingerprint density at radius 3 is 2.10 bits per heavy atom. The summed E-state index contributed by atoms with van der Waals surface area (Å²) in [5.74, 6) is 1.67. The highest BCUT2D eigenvalue weighted by Gasteiger charge is 2.27. The van der Waals surface area contributed by atoms with Crippen molar-refractivity contribution < 1.29 is 0 Å². The minimum atomic E-state index is 0.136. The number of nitrogens with zero attached hydrogens (tertiary/aromatic N) is 4. The van der Waals surface area contributed by atoms with Crippen molar-refractivity contribution in [2.75, 3.05) is 37.8 Å². The lowest BCUT2D eigenvalue weighted by molar-refractivity contribution is 0.103. The Kier molecular flexibility index (Phi) is 8.75. The highest BCUT2D eigenvalue weighted by atomic mass is 35.5. The summed E-state index contributed by atoms with van der Waals surface area (Å²) in [5.41, 5.74) is 4.43. The largest absolute Gasteiger partial charge is 0.340 e. The standard InChI is InChI=1S/C33H31Cl2N5S/c1-41-28-6-4-5-27(21-28)36-33-29-7-2-3-8-30(29)37-31(38-33)22-39-17-19-40(20-18-39)32(23-9-13-25(34)14-10-23)24-11-15-26(35)16-12-24/h2-16,21,32H,17-20,22H2,1H3,(H,36,37,38). The summed E-state index contributed by atoms with van der Waals surface area (Å²) in [7, 11) is 0. The van der Waals surface area contributed by atoms with Crippen molar-refractivity contribution in [3.8, 4) is 0 Å². The van der Waals surface area contributed by atoms with E-state index in [4.69, 9.17) is 33.2 Å². The van der Waals surface area contributed by atoms with Gasteiger partial charge in [0.05, 0.1) is 18.1 Å². The van der Waals surface area contributed by atoms with E-state index >= 15 is 0 Å². The minimum absolute atomic E-state index is 0.136. The number of halogens is 2. The molecule has 41 heavy (non-hydrogen) atoms. The minimum Gasteiger partial charge on any atom is -0.340 e. The second-order valence-electron chi connectivity index (χ2n) is 10.2. The molecule has 0 amide bonds. The molecule has 208 valence electrons. The van der Waals surface area contributed by atoms with Gasteiger partial charge in [-0.2, -0.15) is 0 Å². The van der Waals surface area contributed by atoms with Crippen LogP contribution in [-0.2, 0) is 6.54 Å². The fourth-order valence-electron chi connectivity index (χ4n) is 5.41. The van der Waals surface area contributed by atoms with Gasteiger partial charge in [0.1, 0.15) is 11.6 Å². The third-order valence-corrected chi connectivity index (χ3v) is 8.72. The Bertz CT molecular complexity index is 1570. The maximum Gasteiger partial charge on any atom is 0.145 e. The Morgan fingerprint density at radius 1 is 0.780 bits per heavy atom. The molecule has 0 bridgehead atoms. The van der Waals surface area contributed by atoms with E-state index < -0.39 is 0 Å². The summed E-state index contributed by atoms with van der Waals surface area (Å²) in [6.07, 6.45) is 2.09. The third-order valence-electron chi connectivity index (χ3n) is 7.49. The van der Waals surface area contributed by atoms with E-state index in [-0.39, 0.29) is 6.04 Å². The number of thioether (sulfide) groups is 1. The zero-order chi connectivity index (χ0) is 28.2. The summed E-state index contributed by atoms with van der Waals surface area (Å²) < 4.78 is 0. The van der Waals surface area contributed by atoms with Gasteiger partial charge >= 0.3 is 0 Å². The normalized spacial score (nSPS) is 14.5. The lowest BCUT2D eigenvalue weighted by Gasteiger charge is -2.39. The van der Waals surface area contributed by atoms with Gasteiger partial charge in [-0.05, 0) is 72.0 Å². The number of nitrogens with one attached hydrogen (secondary N) is 1. The number of anilines is 2. The molecule has 1 aromatic heterocycles. The van der Waals surface area contributed by atoms with E-state index in [1.807, 2.05) is 36.4 Å². The first-order valence-corrected chi connectivity index (χ1v) is 15.7. The van der Waals surface area contributed by atoms with Crippen molar-refractivity contribution in [3.05, 3.63) is 124 Å². The zero-order valence-corrected chi connectivity index (χ0v) is 25.1. The molecule has 1 fully saturated rings. The molecule has 5 nitrogen and oxygen atoms in total. The number of hydrogen-bond donors (Lipinski definition) is 1. The lowest BCUT2D eigenvalue weighted by atomic mass is 9.96. The quantitative estimate of drug-likeness (QED) is 0.181. The lowest BCUT2D eigenvalue weighted by Crippen LogP contribution is -2.47. The molecule has 0 aliphatic carbocycles. The van der Waals surface area contributed by atoms with Crippen LogP contribution in [-0.4, -0.2) is 52.2 Å². The maximum atomic E-state index is 6.22. The van der Waals surface area contributed by atoms with Crippen molar-refractivity contribution in [1.82, 2.24) is 19.8 Å². The van der Waals surface area contributed by atoms with Crippen LogP contribution in [0.3, 0.4) is 0 Å². The van der Waals surface area contributed by atoms with Gasteiger partial charge in [-0.15, -0.1) is 11.8 Å². The number of para-hydroxylation sites is 1. The number of piperazine rings is 1. The van der Waals surface area contributed by atoms with Gasteiger partial charge in [0.25, 0.3) is 0 Å². The van der Waals surface area contributed by atoms with Crippen LogP contribution in [0.15, 0.2) is 102 Å². The van der Waals surface area contributed by atoms with Crippen LogP contribution in [0.25, 0.3) is 10.9 Å². The highest BCUT2D eigenvalue weighted by molar-refractivity contribution is 7.98. The molecular formula is C33H31Cl2N5S. The molecule has 4 aromatic carbocycles. The molecule has 2 heterocycles. The topological polar surface area (TPSA) is 44.3 Å². The number of rotatable bonds is 8. The van der Waals surface area contributed by atoms with Crippen LogP contribution in [0, 0.1) is 0 Å². The van der Waals surface area contributed by atoms with E-state index in [2.05, 4.69) is 82.0 Å². The van der Waals surface area contributed by atoms with E-state index in [0.717, 1.165) is 64.5 Å². The number of fused-ring (bicyclic) bond motifs is 1. The van der Waals surface area contributed by atoms with Crippen molar-refractivity contribution >= 4 is 57.4 Å². The molecule has 0 atom stereocenters. The van der Waals surface area contributed by atoms with E-state index in [0.29, 0.717) is 6.54 Å². The summed E-state index contributed by atoms with van der Waals surface area (Å²) in [4.78, 5) is 16.1. The van der Waals surface area contributed by atoms with Crippen LogP contribution in [0.1, 0.15) is 23.0 Å². The Hall–Kier alpha value is -3.13. The summed E-state index contributed by atoms with van der Waals surface area (Å²) in [5, 5.41) is 6.06. The van der Waals surface area contributed by atoms with Crippen molar-refractivity contribution in [3.63, 3.8) is 0 Å². The molecular weight excluding hydrogens is 569 g/mol. The van der Waals surface area contributed by atoms with E-state index in [9.17, 15) is 0 Å². The van der Waals surface area contributed by atoms with Gasteiger partial charge in [-0.3, -0.25) is 9.80 Å². The molecule has 1 aliphatic heterocycles. The first kappa shape index (κ1) is 28.0. The van der Waals surface area contributed by atoms with Gasteiger partial charge in [0.2, 0.25) is 0 Å². The van der Waals surface area contributed by atoms with E-state index in [1.54, 1.807) is 11.8 Å². The number of hydrogen-bond acceptors (Lipinski definition) is 6. The monoisotopic (exact) mass is 599 g/mol. The highest BCUT2D eigenvalue weighted by Crippen LogP contribution is 2.32. The Balaban J connectivity index is 1.20. The third kappa shape index (κ3) is 6.69. The van der Waals surface area contributed by atoms with Gasteiger partial charge in [0, 0.05) is 52.2 Å². The van der Waals surface area contributed by atoms with Crippen molar-refractivity contribution in [2.24, 2.45) is 0 Å². The summed E-state index contributed by atoms with van der Waals surface area (Å²) >= 11 is 14.2. The van der Waals surface area contributed by atoms with Gasteiger partial charge in [-0.1, -0.05) is 65.7 Å². The van der Waals surface area contributed by atoms with Crippen molar-refractivity contribution in [1.29, 1.82) is 0 Å². The average molecular weight is 601 g/mol. The predicted molar refractivity (Wildman–Crippen MR) is 173 cm³/mol. The Morgan fingerprint density at radius 2 is 1.44 bits per heavy atom. The Labute approximate surface area is 255 Å². The maximum absolute atomic E-state index is 6.22.